The molecule has 0 saturated carbocycles. The van der Waals surface area contributed by atoms with Crippen LogP contribution in [0.5, 0.6) is 0 Å². The first-order valence-corrected chi connectivity index (χ1v) is 3.78. The van der Waals surface area contributed by atoms with Crippen LogP contribution in [0.1, 0.15) is 0 Å². The normalized spacial score (nSPS) is 29.5. The van der Waals surface area contributed by atoms with E-state index < -0.39 is 0 Å². The zero-order chi connectivity index (χ0) is 9.19. The molecule has 13 heavy (non-hydrogen) atoms. The molecule has 0 spiro atoms. The van der Waals surface area contributed by atoms with Crippen LogP contribution >= 0.6 is 0 Å². The third kappa shape index (κ3) is 5.57. The molecule has 4 heteroatoms. The Hall–Kier alpha value is -1.68. The zero-order valence-corrected chi connectivity index (χ0v) is 7.04. The van der Waals surface area contributed by atoms with Gasteiger partial charge in [-0.3, -0.25) is 0 Å². The van der Waals surface area contributed by atoms with Gasteiger partial charge in [0.25, 0.3) is 0 Å². The first-order valence-electron chi connectivity index (χ1n) is 3.78. The van der Waals surface area contributed by atoms with Crippen molar-refractivity contribution in [2.45, 2.75) is 0 Å². The van der Waals surface area contributed by atoms with Crippen molar-refractivity contribution in [2.24, 2.45) is 9.98 Å². The molecule has 0 atom stereocenters. The molecule has 1 rings (SSSR count). The molecule has 0 aromatic rings. The lowest BCUT2D eigenvalue weighted by Crippen LogP contribution is -1.87. The molecule has 0 N–H and O–H groups in total. The highest BCUT2D eigenvalue weighted by atomic mass is 17.2. The smallest absolute Gasteiger partial charge is 0.185 e. The van der Waals surface area contributed by atoms with Crippen molar-refractivity contribution in [3.05, 3.63) is 36.6 Å². The molecular weight excluding hydrogens is 168 g/mol. The number of rotatable bonds is 0. The highest BCUT2D eigenvalue weighted by Crippen LogP contribution is 1.85. The first kappa shape index (κ1) is 9.41. The van der Waals surface area contributed by atoms with E-state index in [-0.39, 0.29) is 6.73 Å². The molecule has 0 bridgehead atoms. The van der Waals surface area contributed by atoms with Crippen molar-refractivity contribution < 1.29 is 9.78 Å². The number of aliphatic imine (C=N–C) groups is 2. The van der Waals surface area contributed by atoms with Crippen LogP contribution in [0.25, 0.3) is 0 Å². The summed E-state index contributed by atoms with van der Waals surface area (Å²) in [6.45, 7) is 0.134. The molecule has 0 aromatic heterocycles. The third-order valence-corrected chi connectivity index (χ3v) is 1.09. The lowest BCUT2D eigenvalue weighted by Gasteiger charge is -1.93. The van der Waals surface area contributed by atoms with Crippen LogP contribution in [0.2, 0.25) is 0 Å². The molecule has 4 nitrogen and oxygen atoms in total. The van der Waals surface area contributed by atoms with Crippen LogP contribution in [0.4, 0.5) is 0 Å². The molecule has 0 radical (unpaired) electrons. The van der Waals surface area contributed by atoms with E-state index in [1.165, 1.54) is 12.6 Å². The maximum atomic E-state index is 4.63. The quantitative estimate of drug-likeness (QED) is 0.529. The van der Waals surface area contributed by atoms with Gasteiger partial charge in [-0.2, -0.15) is 4.89 Å². The Balaban J connectivity index is 2.51. The van der Waals surface area contributed by atoms with Gasteiger partial charge in [0, 0.05) is 6.21 Å². The van der Waals surface area contributed by atoms with E-state index in [9.17, 15) is 0 Å². The molecule has 0 unspecified atom stereocenters. The first-order chi connectivity index (χ1) is 6.50. The fraction of sp³-hybridized carbons (Fsp3) is 0.111. The largest absolute Gasteiger partial charge is 0.344 e. The lowest BCUT2D eigenvalue weighted by atomic mass is 10.4. The minimum absolute atomic E-state index is 0.134. The standard InChI is InChI=1S/C9H10N2O2/c1-2-4-6-10-8-11-9-13-12-7-5-3-1/h1-8H,9H2/b3-1-,4-2-,7-5-,10-6-,11-8-. The van der Waals surface area contributed by atoms with Gasteiger partial charge in [0.15, 0.2) is 6.73 Å². The molecule has 68 valence electrons. The van der Waals surface area contributed by atoms with Gasteiger partial charge in [-0.1, -0.05) is 18.2 Å². The van der Waals surface area contributed by atoms with Gasteiger partial charge in [-0.15, -0.1) is 0 Å². The van der Waals surface area contributed by atoms with Crippen molar-refractivity contribution in [2.75, 3.05) is 6.73 Å². The topological polar surface area (TPSA) is 43.2 Å². The predicted molar refractivity (Wildman–Crippen MR) is 51.4 cm³/mol. The molecule has 0 aliphatic carbocycles. The van der Waals surface area contributed by atoms with Crippen LogP contribution in [0.3, 0.4) is 0 Å². The summed E-state index contributed by atoms with van der Waals surface area (Å²) in [5.41, 5.74) is 0. The fourth-order valence-corrected chi connectivity index (χ4v) is 0.588. The molecule has 0 amide bonds. The van der Waals surface area contributed by atoms with Crippen molar-refractivity contribution in [3.63, 3.8) is 0 Å². The van der Waals surface area contributed by atoms with Gasteiger partial charge < -0.3 is 4.89 Å². The SMILES string of the molecule is C1=C\C=C/OOC\N=C/N=C\C=C/1. The highest BCUT2D eigenvalue weighted by Gasteiger charge is 1.77. The average molecular weight is 178 g/mol. The number of hydrogen-bond donors (Lipinski definition) is 0. The number of allylic oxidation sites excluding steroid dienone is 5. The predicted octanol–water partition coefficient (Wildman–Crippen LogP) is 1.63. The molecule has 0 aromatic carbocycles. The molecule has 0 saturated heterocycles. The Morgan fingerprint density at radius 2 is 1.85 bits per heavy atom. The van der Waals surface area contributed by atoms with Crippen molar-refractivity contribution in [1.82, 2.24) is 0 Å². The van der Waals surface area contributed by atoms with E-state index in [2.05, 4.69) is 19.8 Å². The third-order valence-electron chi connectivity index (χ3n) is 1.09. The van der Waals surface area contributed by atoms with Crippen LogP contribution in [-0.4, -0.2) is 19.3 Å². The number of hydrogen-bond acceptors (Lipinski definition) is 4. The Bertz CT molecular complexity index is 239. The maximum absolute atomic E-state index is 4.63. The van der Waals surface area contributed by atoms with Gasteiger partial charge in [-0.05, 0) is 12.2 Å². The van der Waals surface area contributed by atoms with Crippen LogP contribution in [0, 0.1) is 0 Å². The minimum Gasteiger partial charge on any atom is -0.344 e. The highest BCUT2D eigenvalue weighted by molar-refractivity contribution is 5.80. The van der Waals surface area contributed by atoms with E-state index in [4.69, 9.17) is 0 Å². The van der Waals surface area contributed by atoms with Gasteiger partial charge in [0.2, 0.25) is 0 Å². The number of nitrogens with zero attached hydrogens (tertiary/aromatic N) is 2. The van der Waals surface area contributed by atoms with E-state index in [1.807, 2.05) is 18.2 Å². The van der Waals surface area contributed by atoms with Crippen molar-refractivity contribution >= 4 is 12.6 Å². The maximum Gasteiger partial charge on any atom is 0.185 e. The lowest BCUT2D eigenvalue weighted by molar-refractivity contribution is -0.246. The summed E-state index contributed by atoms with van der Waals surface area (Å²) in [5.74, 6) is 0. The summed E-state index contributed by atoms with van der Waals surface area (Å²) in [5, 5.41) is 0. The Morgan fingerprint density at radius 1 is 1.00 bits per heavy atom. The van der Waals surface area contributed by atoms with Crippen LogP contribution in [0.15, 0.2) is 46.6 Å². The molecular formula is C9H10N2O2. The van der Waals surface area contributed by atoms with Crippen LogP contribution in [-0.2, 0) is 9.78 Å². The monoisotopic (exact) mass is 178 g/mol. The molecule has 1 heterocycles. The summed E-state index contributed by atoms with van der Waals surface area (Å²) < 4.78 is 0. The fourth-order valence-electron chi connectivity index (χ4n) is 0.588. The van der Waals surface area contributed by atoms with Crippen molar-refractivity contribution in [1.29, 1.82) is 0 Å². The van der Waals surface area contributed by atoms with Gasteiger partial charge >= 0.3 is 0 Å². The van der Waals surface area contributed by atoms with E-state index >= 15 is 0 Å². The second-order valence-corrected chi connectivity index (χ2v) is 2.04. The van der Waals surface area contributed by atoms with E-state index in [0.717, 1.165) is 0 Å². The average Bonchev–Trinajstić information content (AvgIpc) is 2.18. The molecule has 0 fully saturated rings. The van der Waals surface area contributed by atoms with E-state index in [0.29, 0.717) is 0 Å². The summed E-state index contributed by atoms with van der Waals surface area (Å²) >= 11 is 0. The molecule has 1 aliphatic rings. The Labute approximate surface area is 76.5 Å². The second kappa shape index (κ2) is 7.00. The van der Waals surface area contributed by atoms with Gasteiger partial charge in [-0.25, -0.2) is 9.98 Å². The summed E-state index contributed by atoms with van der Waals surface area (Å²) in [6.07, 6.45) is 13.5. The van der Waals surface area contributed by atoms with E-state index in [1.54, 1.807) is 18.4 Å². The van der Waals surface area contributed by atoms with Crippen LogP contribution < -0.4 is 0 Å². The summed E-state index contributed by atoms with van der Waals surface area (Å²) in [4.78, 5) is 16.9. The molecule has 1 aliphatic heterocycles. The summed E-state index contributed by atoms with van der Waals surface area (Å²) in [6, 6.07) is 0. The Morgan fingerprint density at radius 3 is 2.85 bits per heavy atom. The Kier molecular flexibility index (Phi) is 5.06. The van der Waals surface area contributed by atoms with Crippen molar-refractivity contribution in [3.8, 4) is 0 Å². The zero-order valence-electron chi connectivity index (χ0n) is 7.04. The summed E-state index contributed by atoms with van der Waals surface area (Å²) in [7, 11) is 0. The minimum atomic E-state index is 0.134. The second-order valence-electron chi connectivity index (χ2n) is 2.04. The van der Waals surface area contributed by atoms with Gasteiger partial charge in [0.05, 0.1) is 0 Å². The van der Waals surface area contributed by atoms with Gasteiger partial charge in [0.1, 0.15) is 12.6 Å².